The number of rotatable bonds is 2. The Balaban J connectivity index is 1.61. The summed E-state index contributed by atoms with van der Waals surface area (Å²) in [6, 6.07) is 9.87. The minimum absolute atomic E-state index is 0.123. The molecule has 0 fully saturated rings. The van der Waals surface area contributed by atoms with Crippen LogP contribution in [0.5, 0.6) is 5.75 Å². The van der Waals surface area contributed by atoms with E-state index in [-0.39, 0.29) is 6.10 Å². The molecule has 21 heavy (non-hydrogen) atoms. The van der Waals surface area contributed by atoms with Gasteiger partial charge in [0.1, 0.15) is 11.6 Å². The number of nitrogens with one attached hydrogen (secondary N) is 2. The summed E-state index contributed by atoms with van der Waals surface area (Å²) in [7, 11) is 1.91. The zero-order chi connectivity index (χ0) is 14.2. The van der Waals surface area contributed by atoms with Crippen molar-refractivity contribution in [2.24, 2.45) is 7.05 Å². The molecule has 6 nitrogen and oxygen atoms in total. The molecule has 1 unspecified atom stereocenters. The van der Waals surface area contributed by atoms with Crippen molar-refractivity contribution in [3.05, 3.63) is 48.5 Å². The molecule has 0 amide bonds. The maximum absolute atomic E-state index is 6.00. The maximum Gasteiger partial charge on any atom is 0.173 e. The van der Waals surface area contributed by atoms with E-state index in [0.717, 1.165) is 28.6 Å². The monoisotopic (exact) mass is 281 g/mol. The van der Waals surface area contributed by atoms with Crippen LogP contribution < -0.4 is 10.1 Å². The Bertz CT molecular complexity index is 776. The lowest BCUT2D eigenvalue weighted by molar-refractivity contribution is 0.201. The summed E-state index contributed by atoms with van der Waals surface area (Å²) in [4.78, 5) is 7.77. The van der Waals surface area contributed by atoms with E-state index in [4.69, 9.17) is 4.74 Å². The summed E-state index contributed by atoms with van der Waals surface area (Å²) in [6.07, 6.45) is 3.46. The smallest absolute Gasteiger partial charge is 0.173 e. The Morgan fingerprint density at radius 2 is 2.19 bits per heavy atom. The van der Waals surface area contributed by atoms with Gasteiger partial charge in [0.2, 0.25) is 0 Å². The number of aromatic amines is 1. The molecule has 0 spiro atoms. The first-order chi connectivity index (χ1) is 10.3. The van der Waals surface area contributed by atoms with Gasteiger partial charge in [-0.3, -0.25) is 4.68 Å². The molecule has 0 bridgehead atoms. The van der Waals surface area contributed by atoms with Crippen LogP contribution in [-0.2, 0) is 7.05 Å². The van der Waals surface area contributed by atoms with Crippen LogP contribution in [0, 0.1) is 0 Å². The van der Waals surface area contributed by atoms with Crippen LogP contribution in [0.4, 0.5) is 5.69 Å². The summed E-state index contributed by atoms with van der Waals surface area (Å²) >= 11 is 0. The van der Waals surface area contributed by atoms with Crippen molar-refractivity contribution in [1.29, 1.82) is 0 Å². The van der Waals surface area contributed by atoms with Crippen LogP contribution >= 0.6 is 0 Å². The van der Waals surface area contributed by atoms with Gasteiger partial charge in [0.15, 0.2) is 6.10 Å². The molecular formula is C15H15N5O. The van der Waals surface area contributed by atoms with Gasteiger partial charge in [-0.05, 0) is 18.2 Å². The lowest BCUT2D eigenvalue weighted by Gasteiger charge is -2.25. The SMILES string of the molecule is Cn1nccc1-c1cnc(C2CNc3ccccc3O2)[nH]1. The minimum atomic E-state index is -0.123. The van der Waals surface area contributed by atoms with Gasteiger partial charge in [-0.25, -0.2) is 4.98 Å². The molecule has 0 saturated carbocycles. The van der Waals surface area contributed by atoms with Crippen molar-refractivity contribution >= 4 is 5.69 Å². The van der Waals surface area contributed by atoms with Gasteiger partial charge in [0.25, 0.3) is 0 Å². The fourth-order valence-electron chi connectivity index (χ4n) is 2.53. The molecule has 1 aliphatic heterocycles. The highest BCUT2D eigenvalue weighted by molar-refractivity contribution is 5.58. The Morgan fingerprint density at radius 3 is 3.05 bits per heavy atom. The van der Waals surface area contributed by atoms with Crippen molar-refractivity contribution in [3.63, 3.8) is 0 Å². The molecule has 0 aliphatic carbocycles. The van der Waals surface area contributed by atoms with Crippen molar-refractivity contribution in [1.82, 2.24) is 19.7 Å². The van der Waals surface area contributed by atoms with Gasteiger partial charge >= 0.3 is 0 Å². The molecule has 0 saturated heterocycles. The molecule has 1 aliphatic rings. The number of benzene rings is 1. The number of hydrogen-bond acceptors (Lipinski definition) is 4. The third kappa shape index (κ3) is 2.05. The zero-order valence-electron chi connectivity index (χ0n) is 11.6. The van der Waals surface area contributed by atoms with Gasteiger partial charge in [-0.2, -0.15) is 5.10 Å². The quantitative estimate of drug-likeness (QED) is 0.756. The second-order valence-electron chi connectivity index (χ2n) is 5.01. The number of ether oxygens (including phenoxy) is 1. The van der Waals surface area contributed by atoms with E-state index in [1.54, 1.807) is 6.20 Å². The topological polar surface area (TPSA) is 67.8 Å². The number of imidazole rings is 1. The average Bonchev–Trinajstić information content (AvgIpc) is 3.15. The predicted octanol–water partition coefficient (Wildman–Crippen LogP) is 2.36. The van der Waals surface area contributed by atoms with E-state index in [2.05, 4.69) is 20.4 Å². The Hall–Kier alpha value is -2.76. The summed E-state index contributed by atoms with van der Waals surface area (Å²) in [5.41, 5.74) is 2.96. The Kier molecular flexibility index (Phi) is 2.67. The van der Waals surface area contributed by atoms with Crippen LogP contribution in [0.15, 0.2) is 42.7 Å². The largest absolute Gasteiger partial charge is 0.478 e. The van der Waals surface area contributed by atoms with E-state index in [1.165, 1.54) is 0 Å². The standard InChI is InChI=1S/C15H15N5O/c1-20-12(6-7-18-20)11-8-17-15(19-11)14-9-16-10-4-2-3-5-13(10)21-14/h2-8,14,16H,9H2,1H3,(H,17,19). The minimum Gasteiger partial charge on any atom is -0.478 e. The molecule has 0 radical (unpaired) electrons. The highest BCUT2D eigenvalue weighted by Gasteiger charge is 2.23. The molecule has 6 heteroatoms. The molecule has 2 aromatic heterocycles. The molecule has 4 rings (SSSR count). The fourth-order valence-corrected chi connectivity index (χ4v) is 2.53. The number of hydrogen-bond donors (Lipinski definition) is 2. The first-order valence-corrected chi connectivity index (χ1v) is 6.84. The van der Waals surface area contributed by atoms with Crippen LogP contribution in [0.2, 0.25) is 0 Å². The fraction of sp³-hybridized carbons (Fsp3) is 0.200. The lowest BCUT2D eigenvalue weighted by Crippen LogP contribution is -2.24. The molecule has 106 valence electrons. The zero-order valence-corrected chi connectivity index (χ0v) is 11.6. The van der Waals surface area contributed by atoms with Crippen LogP contribution in [0.25, 0.3) is 11.4 Å². The number of nitrogens with zero attached hydrogens (tertiary/aromatic N) is 3. The van der Waals surface area contributed by atoms with E-state index in [1.807, 2.05) is 48.3 Å². The molecule has 1 atom stereocenters. The van der Waals surface area contributed by atoms with Gasteiger partial charge in [0.05, 0.1) is 29.8 Å². The first-order valence-electron chi connectivity index (χ1n) is 6.84. The van der Waals surface area contributed by atoms with Crippen molar-refractivity contribution < 1.29 is 4.74 Å². The lowest BCUT2D eigenvalue weighted by atomic mass is 10.2. The van der Waals surface area contributed by atoms with Crippen molar-refractivity contribution in [2.75, 3.05) is 11.9 Å². The van der Waals surface area contributed by atoms with Crippen LogP contribution in [-0.4, -0.2) is 26.3 Å². The maximum atomic E-state index is 6.00. The molecule has 1 aromatic carbocycles. The molecular weight excluding hydrogens is 266 g/mol. The van der Waals surface area contributed by atoms with E-state index >= 15 is 0 Å². The van der Waals surface area contributed by atoms with E-state index in [9.17, 15) is 0 Å². The number of anilines is 1. The van der Waals surface area contributed by atoms with E-state index < -0.39 is 0 Å². The molecule has 3 heterocycles. The highest BCUT2D eigenvalue weighted by atomic mass is 16.5. The third-order valence-electron chi connectivity index (χ3n) is 3.63. The average molecular weight is 281 g/mol. The van der Waals surface area contributed by atoms with Crippen LogP contribution in [0.1, 0.15) is 11.9 Å². The number of H-pyrrole nitrogens is 1. The second-order valence-corrected chi connectivity index (χ2v) is 5.01. The van der Waals surface area contributed by atoms with Gasteiger partial charge in [0, 0.05) is 13.2 Å². The summed E-state index contributed by atoms with van der Waals surface area (Å²) in [6.45, 7) is 0.690. The summed E-state index contributed by atoms with van der Waals surface area (Å²) < 4.78 is 7.81. The van der Waals surface area contributed by atoms with Gasteiger partial charge in [-0.15, -0.1) is 0 Å². The molecule has 2 N–H and O–H groups in total. The Morgan fingerprint density at radius 1 is 1.29 bits per heavy atom. The molecule has 3 aromatic rings. The number of para-hydroxylation sites is 2. The van der Waals surface area contributed by atoms with E-state index in [0.29, 0.717) is 6.54 Å². The summed E-state index contributed by atoms with van der Waals surface area (Å²) in [5, 5.41) is 7.53. The normalized spacial score (nSPS) is 16.9. The first kappa shape index (κ1) is 12.0. The van der Waals surface area contributed by atoms with Crippen molar-refractivity contribution in [3.8, 4) is 17.1 Å². The number of aromatic nitrogens is 4. The second kappa shape index (κ2) is 4.66. The third-order valence-corrected chi connectivity index (χ3v) is 3.63. The van der Waals surface area contributed by atoms with Gasteiger partial charge in [-0.1, -0.05) is 12.1 Å². The van der Waals surface area contributed by atoms with Gasteiger partial charge < -0.3 is 15.0 Å². The predicted molar refractivity (Wildman–Crippen MR) is 79.1 cm³/mol. The Labute approximate surface area is 121 Å². The number of fused-ring (bicyclic) bond motifs is 1. The highest BCUT2D eigenvalue weighted by Crippen LogP contribution is 2.33. The van der Waals surface area contributed by atoms with Crippen LogP contribution in [0.3, 0.4) is 0 Å². The summed E-state index contributed by atoms with van der Waals surface area (Å²) in [5.74, 6) is 1.67. The van der Waals surface area contributed by atoms with Crippen molar-refractivity contribution in [2.45, 2.75) is 6.10 Å². The number of aryl methyl sites for hydroxylation is 1.